The molecular formula is C29H22Cl2F6N4O. The van der Waals surface area contributed by atoms with Crippen molar-refractivity contribution < 1.29 is 31.1 Å². The van der Waals surface area contributed by atoms with E-state index in [9.17, 15) is 31.1 Å². The lowest BCUT2D eigenvalue weighted by Gasteiger charge is -2.18. The van der Waals surface area contributed by atoms with Crippen LogP contribution in [0.15, 0.2) is 73.1 Å². The number of halogens is 8. The Bertz CT molecular complexity index is 1460. The molecule has 13 heteroatoms. The Kier molecular flexibility index (Phi) is 9.03. The van der Waals surface area contributed by atoms with Gasteiger partial charge in [0.25, 0.3) is 0 Å². The molecule has 2 unspecified atom stereocenters. The van der Waals surface area contributed by atoms with Crippen LogP contribution in [0.1, 0.15) is 48.2 Å². The van der Waals surface area contributed by atoms with E-state index in [-0.39, 0.29) is 38.6 Å². The average molecular weight is 627 g/mol. The second-order valence-electron chi connectivity index (χ2n) is 9.41. The number of pyridine rings is 2. The summed E-state index contributed by atoms with van der Waals surface area (Å²) in [4.78, 5) is 21.7. The minimum absolute atomic E-state index is 0.0552. The fourth-order valence-electron chi connectivity index (χ4n) is 4.17. The predicted molar refractivity (Wildman–Crippen MR) is 150 cm³/mol. The molecule has 5 nitrogen and oxygen atoms in total. The van der Waals surface area contributed by atoms with Gasteiger partial charge in [0.1, 0.15) is 5.78 Å². The van der Waals surface area contributed by atoms with Crippen molar-refractivity contribution in [3.05, 3.63) is 106 Å². The summed E-state index contributed by atoms with van der Waals surface area (Å²) in [6.07, 6.45) is -6.60. The molecule has 0 bridgehead atoms. The molecule has 2 aromatic heterocycles. The Hall–Kier alpha value is -3.83. The van der Waals surface area contributed by atoms with Crippen molar-refractivity contribution in [2.45, 2.75) is 38.0 Å². The zero-order chi connectivity index (χ0) is 30.8. The van der Waals surface area contributed by atoms with Crippen molar-refractivity contribution in [3.8, 4) is 0 Å². The monoisotopic (exact) mass is 626 g/mol. The Morgan fingerprint density at radius 2 is 1.05 bits per heavy atom. The molecule has 2 heterocycles. The van der Waals surface area contributed by atoms with Crippen LogP contribution in [0.2, 0.25) is 10.0 Å². The molecule has 0 fully saturated rings. The molecular weight excluding hydrogens is 605 g/mol. The molecule has 0 amide bonds. The van der Waals surface area contributed by atoms with Crippen molar-refractivity contribution in [1.82, 2.24) is 9.97 Å². The van der Waals surface area contributed by atoms with E-state index in [0.29, 0.717) is 11.4 Å². The van der Waals surface area contributed by atoms with Crippen molar-refractivity contribution >= 4 is 51.7 Å². The van der Waals surface area contributed by atoms with Gasteiger partial charge in [-0.3, -0.25) is 14.8 Å². The number of hydrogen-bond acceptors (Lipinski definition) is 5. The van der Waals surface area contributed by atoms with E-state index in [4.69, 9.17) is 23.2 Å². The van der Waals surface area contributed by atoms with E-state index in [2.05, 4.69) is 20.6 Å². The maximum Gasteiger partial charge on any atom is 0.418 e. The first-order valence-corrected chi connectivity index (χ1v) is 13.1. The fourth-order valence-corrected chi connectivity index (χ4v) is 4.51. The summed E-state index contributed by atoms with van der Waals surface area (Å²) < 4.78 is 80.4. The standard InChI is InChI=1S/C29H22Cl2F6N4O/c1-15(23-9-5-19(13-38-23)40-25-7-3-17(30)11-21(25)28(32,33)34)27(42)16(2)24-10-6-20(14-39-24)41-26-8-4-18(31)12-22(26)29(35,36)37/h3-16,40-41H,1-2H3. The van der Waals surface area contributed by atoms with Crippen LogP contribution >= 0.6 is 23.2 Å². The van der Waals surface area contributed by atoms with E-state index in [1.807, 2.05) is 0 Å². The molecule has 2 N–H and O–H groups in total. The summed E-state index contributed by atoms with van der Waals surface area (Å²) in [5.74, 6) is -1.60. The molecule has 220 valence electrons. The van der Waals surface area contributed by atoms with Gasteiger partial charge in [0.15, 0.2) is 0 Å². The largest absolute Gasteiger partial charge is 0.418 e. The van der Waals surface area contributed by atoms with Crippen LogP contribution in [0.25, 0.3) is 0 Å². The average Bonchev–Trinajstić information content (AvgIpc) is 2.93. The number of nitrogens with zero attached hydrogens (tertiary/aromatic N) is 2. The number of carbonyl (C=O) groups excluding carboxylic acids is 1. The number of benzene rings is 2. The number of nitrogens with one attached hydrogen (secondary N) is 2. The number of alkyl halides is 6. The second kappa shape index (κ2) is 12.2. The van der Waals surface area contributed by atoms with Gasteiger partial charge in [0.05, 0.1) is 69.5 Å². The van der Waals surface area contributed by atoms with Crippen LogP contribution in [0.3, 0.4) is 0 Å². The summed E-state index contributed by atoms with van der Waals surface area (Å²) >= 11 is 11.5. The number of Topliss-reactive ketones (excluding diaryl/α,β-unsaturated/α-hetero) is 1. The van der Waals surface area contributed by atoms with Crippen LogP contribution < -0.4 is 10.6 Å². The highest BCUT2D eigenvalue weighted by Gasteiger charge is 2.35. The Morgan fingerprint density at radius 1 is 0.667 bits per heavy atom. The van der Waals surface area contributed by atoms with Crippen LogP contribution in [-0.4, -0.2) is 15.8 Å². The van der Waals surface area contributed by atoms with Gasteiger partial charge in [0.2, 0.25) is 0 Å². The van der Waals surface area contributed by atoms with E-state index in [1.54, 1.807) is 13.8 Å². The molecule has 2 aromatic carbocycles. The fraction of sp³-hybridized carbons (Fsp3) is 0.207. The molecule has 0 aliphatic carbocycles. The first-order valence-electron chi connectivity index (χ1n) is 12.4. The summed E-state index contributed by atoms with van der Waals surface area (Å²) in [6, 6.07) is 12.8. The minimum atomic E-state index is -4.62. The smallest absolute Gasteiger partial charge is 0.354 e. The third kappa shape index (κ3) is 7.32. The van der Waals surface area contributed by atoms with Crippen LogP contribution in [-0.2, 0) is 17.1 Å². The molecule has 0 aliphatic rings. The molecule has 4 rings (SSSR count). The van der Waals surface area contributed by atoms with E-state index >= 15 is 0 Å². The molecule has 0 aliphatic heterocycles. The van der Waals surface area contributed by atoms with E-state index in [0.717, 1.165) is 12.1 Å². The van der Waals surface area contributed by atoms with Gasteiger partial charge in [-0.05, 0) is 74.5 Å². The number of aromatic nitrogens is 2. The van der Waals surface area contributed by atoms with Crippen molar-refractivity contribution in [1.29, 1.82) is 0 Å². The second-order valence-corrected chi connectivity index (χ2v) is 10.3. The molecule has 0 saturated carbocycles. The molecule has 42 heavy (non-hydrogen) atoms. The number of rotatable bonds is 8. The van der Waals surface area contributed by atoms with Crippen molar-refractivity contribution in [3.63, 3.8) is 0 Å². The van der Waals surface area contributed by atoms with Gasteiger partial charge in [-0.2, -0.15) is 26.3 Å². The Balaban J connectivity index is 1.44. The molecule has 0 radical (unpaired) electrons. The number of ketones is 1. The van der Waals surface area contributed by atoms with Crippen LogP contribution in [0, 0.1) is 0 Å². The summed E-state index contributed by atoms with van der Waals surface area (Å²) in [5, 5.41) is 5.24. The highest BCUT2D eigenvalue weighted by atomic mass is 35.5. The third-order valence-electron chi connectivity index (χ3n) is 6.45. The maximum absolute atomic E-state index is 13.4. The SMILES string of the molecule is CC(C(=O)C(C)c1ccc(Nc2ccc(Cl)cc2C(F)(F)F)cn1)c1ccc(Nc2ccc(Cl)cc2C(F)(F)F)cn1. The lowest BCUT2D eigenvalue weighted by Crippen LogP contribution is -2.18. The normalized spacial score (nSPS) is 13.4. The molecule has 0 saturated heterocycles. The van der Waals surface area contributed by atoms with Gasteiger partial charge in [0, 0.05) is 10.0 Å². The topological polar surface area (TPSA) is 66.9 Å². The zero-order valence-corrected chi connectivity index (χ0v) is 23.4. The highest BCUT2D eigenvalue weighted by molar-refractivity contribution is 6.31. The van der Waals surface area contributed by atoms with Gasteiger partial charge < -0.3 is 10.6 Å². The van der Waals surface area contributed by atoms with Gasteiger partial charge >= 0.3 is 12.4 Å². The molecule has 2 atom stereocenters. The van der Waals surface area contributed by atoms with Gasteiger partial charge in [-0.15, -0.1) is 0 Å². The number of anilines is 4. The van der Waals surface area contributed by atoms with Gasteiger partial charge in [-0.1, -0.05) is 23.2 Å². The lowest BCUT2D eigenvalue weighted by atomic mass is 9.90. The molecule has 0 spiro atoms. The zero-order valence-electron chi connectivity index (χ0n) is 21.9. The van der Waals surface area contributed by atoms with Gasteiger partial charge in [-0.25, -0.2) is 0 Å². The summed E-state index contributed by atoms with van der Waals surface area (Å²) in [6.45, 7) is 3.29. The third-order valence-corrected chi connectivity index (χ3v) is 6.92. The van der Waals surface area contributed by atoms with E-state index in [1.165, 1.54) is 60.9 Å². The molecule has 4 aromatic rings. The lowest BCUT2D eigenvalue weighted by molar-refractivity contribution is -0.137. The number of carbonyl (C=O) groups is 1. The Labute approximate surface area is 246 Å². The Morgan fingerprint density at radius 3 is 1.36 bits per heavy atom. The number of hydrogen-bond donors (Lipinski definition) is 2. The van der Waals surface area contributed by atoms with Crippen LogP contribution in [0.4, 0.5) is 49.1 Å². The van der Waals surface area contributed by atoms with E-state index < -0.39 is 35.3 Å². The maximum atomic E-state index is 13.4. The first-order chi connectivity index (χ1) is 19.6. The summed E-state index contributed by atoms with van der Waals surface area (Å²) in [5.41, 5.74) is -0.923. The predicted octanol–water partition coefficient (Wildman–Crippen LogP) is 9.78. The first kappa shape index (κ1) is 31.1. The van der Waals surface area contributed by atoms with Crippen molar-refractivity contribution in [2.24, 2.45) is 0 Å². The summed E-state index contributed by atoms with van der Waals surface area (Å²) in [7, 11) is 0. The van der Waals surface area contributed by atoms with Crippen molar-refractivity contribution in [2.75, 3.05) is 10.6 Å². The van der Waals surface area contributed by atoms with Crippen LogP contribution in [0.5, 0.6) is 0 Å². The quantitative estimate of drug-likeness (QED) is 0.191. The minimum Gasteiger partial charge on any atom is -0.354 e. The highest BCUT2D eigenvalue weighted by Crippen LogP contribution is 2.39.